The van der Waals surface area contributed by atoms with Crippen LogP contribution in [0, 0.1) is 0 Å². The molecule has 4 heteroatoms. The molecule has 54 heavy (non-hydrogen) atoms. The Hall–Kier alpha value is -6.62. The highest BCUT2D eigenvalue weighted by Crippen LogP contribution is 2.63. The van der Waals surface area contributed by atoms with E-state index in [-0.39, 0.29) is 0 Å². The minimum Gasteiger partial charge on any atom is -0.399 e. The molecule has 11 rings (SSSR count). The minimum absolute atomic E-state index is 0.459. The van der Waals surface area contributed by atoms with Gasteiger partial charge in [-0.3, -0.25) is 4.57 Å². The van der Waals surface area contributed by atoms with Gasteiger partial charge in [0.2, 0.25) is 0 Å². The predicted molar refractivity (Wildman–Crippen MR) is 223 cm³/mol. The molecule has 3 nitrogen and oxygen atoms in total. The van der Waals surface area contributed by atoms with Crippen molar-refractivity contribution in [3.8, 4) is 50.5 Å². The van der Waals surface area contributed by atoms with Crippen LogP contribution in [0.3, 0.4) is 0 Å². The van der Waals surface area contributed by atoms with Crippen LogP contribution in [0.15, 0.2) is 198 Å². The molecule has 0 bridgehead atoms. The van der Waals surface area contributed by atoms with Gasteiger partial charge in [-0.25, -0.2) is 4.98 Å². The smallest absolute Gasteiger partial charge is 0.145 e. The number of nitrogens with two attached hydrogens (primary N) is 1. The molecule has 0 fully saturated rings. The van der Waals surface area contributed by atoms with Gasteiger partial charge in [-0.1, -0.05) is 145 Å². The number of imidazole rings is 1. The number of benzene rings is 8. The first kappa shape index (κ1) is 31.0. The second-order valence-corrected chi connectivity index (χ2v) is 15.2. The summed E-state index contributed by atoms with van der Waals surface area (Å²) in [6.45, 7) is 0. The molecule has 1 aliphatic carbocycles. The van der Waals surface area contributed by atoms with E-state index in [9.17, 15) is 0 Å². The molecule has 0 saturated heterocycles. The number of hydrogen-bond acceptors (Lipinski definition) is 3. The molecule has 0 atom stereocenters. The van der Waals surface area contributed by atoms with Crippen LogP contribution >= 0.6 is 11.8 Å². The van der Waals surface area contributed by atoms with E-state index in [4.69, 9.17) is 10.7 Å². The summed E-state index contributed by atoms with van der Waals surface area (Å²) in [6.07, 6.45) is 0. The fraction of sp³-hybridized carbons (Fsp3) is 0.0200. The molecule has 2 aliphatic rings. The maximum Gasteiger partial charge on any atom is 0.145 e. The summed E-state index contributed by atoms with van der Waals surface area (Å²) in [6, 6.07) is 68.0. The van der Waals surface area contributed by atoms with Crippen LogP contribution < -0.4 is 5.73 Å². The van der Waals surface area contributed by atoms with Gasteiger partial charge in [0.15, 0.2) is 0 Å². The number of nitrogen functional groups attached to an aromatic ring is 1. The van der Waals surface area contributed by atoms with Crippen LogP contribution in [0.5, 0.6) is 0 Å². The SMILES string of the molecule is Nc1ccc(-c2ccc3c(c2)-c2c(-c4ccc(-c5nc6ccccc6n5-c5ccccc5)cc4)cccc2C32c3ccccc3Sc3ccccc32)cc1. The molecular weight excluding hydrogens is 675 g/mol. The van der Waals surface area contributed by atoms with E-state index in [1.54, 1.807) is 0 Å². The zero-order valence-corrected chi connectivity index (χ0v) is 30.1. The molecule has 1 aromatic heterocycles. The Morgan fingerprint density at radius 1 is 0.463 bits per heavy atom. The summed E-state index contributed by atoms with van der Waals surface area (Å²) < 4.78 is 2.26. The van der Waals surface area contributed by atoms with E-state index in [1.807, 2.05) is 23.9 Å². The zero-order valence-electron chi connectivity index (χ0n) is 29.3. The highest BCUT2D eigenvalue weighted by molar-refractivity contribution is 7.99. The van der Waals surface area contributed by atoms with Crippen molar-refractivity contribution in [2.75, 3.05) is 5.73 Å². The summed E-state index contributed by atoms with van der Waals surface area (Å²) in [5.41, 5.74) is 23.2. The van der Waals surface area contributed by atoms with Gasteiger partial charge >= 0.3 is 0 Å². The van der Waals surface area contributed by atoms with Crippen LogP contribution in [0.2, 0.25) is 0 Å². The van der Waals surface area contributed by atoms with Gasteiger partial charge in [-0.05, 0) is 110 Å². The number of fused-ring (bicyclic) bond motifs is 10. The Bertz CT molecular complexity index is 2860. The van der Waals surface area contributed by atoms with Crippen molar-refractivity contribution < 1.29 is 0 Å². The molecule has 0 saturated carbocycles. The highest BCUT2D eigenvalue weighted by atomic mass is 32.2. The first-order valence-electron chi connectivity index (χ1n) is 18.3. The highest BCUT2D eigenvalue weighted by Gasteiger charge is 2.50. The molecule has 2 heterocycles. The van der Waals surface area contributed by atoms with Crippen LogP contribution in [0.1, 0.15) is 22.3 Å². The van der Waals surface area contributed by atoms with Gasteiger partial charge < -0.3 is 5.73 Å². The molecule has 0 amide bonds. The zero-order chi connectivity index (χ0) is 35.8. The Kier molecular flexibility index (Phi) is 6.85. The maximum absolute atomic E-state index is 6.12. The van der Waals surface area contributed by atoms with E-state index < -0.39 is 5.41 Å². The maximum atomic E-state index is 6.12. The Morgan fingerprint density at radius 3 is 1.83 bits per heavy atom. The lowest BCUT2D eigenvalue weighted by atomic mass is 9.67. The van der Waals surface area contributed by atoms with Crippen molar-refractivity contribution in [3.63, 3.8) is 0 Å². The van der Waals surface area contributed by atoms with Crippen molar-refractivity contribution in [3.05, 3.63) is 210 Å². The number of aromatic nitrogens is 2. The van der Waals surface area contributed by atoms with Crippen LogP contribution in [-0.4, -0.2) is 9.55 Å². The van der Waals surface area contributed by atoms with Gasteiger partial charge in [-0.15, -0.1) is 0 Å². The van der Waals surface area contributed by atoms with E-state index >= 15 is 0 Å². The molecule has 0 radical (unpaired) electrons. The molecule has 1 spiro atoms. The van der Waals surface area contributed by atoms with Crippen molar-refractivity contribution in [2.24, 2.45) is 0 Å². The average Bonchev–Trinajstić information content (AvgIpc) is 3.76. The van der Waals surface area contributed by atoms with Crippen molar-refractivity contribution >= 4 is 28.5 Å². The lowest BCUT2D eigenvalue weighted by Crippen LogP contribution is -2.31. The quantitative estimate of drug-likeness (QED) is 0.185. The minimum atomic E-state index is -0.459. The number of nitrogens with zero attached hydrogens (tertiary/aromatic N) is 2. The topological polar surface area (TPSA) is 43.8 Å². The predicted octanol–water partition coefficient (Wildman–Crippen LogP) is 12.4. The number of anilines is 1. The second-order valence-electron chi connectivity index (χ2n) is 14.1. The monoisotopic (exact) mass is 707 g/mol. The lowest BCUT2D eigenvalue weighted by Gasteiger charge is -2.39. The van der Waals surface area contributed by atoms with Gasteiger partial charge in [-0.2, -0.15) is 0 Å². The fourth-order valence-corrected chi connectivity index (χ4v) is 10.1. The third kappa shape index (κ3) is 4.47. The largest absolute Gasteiger partial charge is 0.399 e. The van der Waals surface area contributed by atoms with Crippen molar-refractivity contribution in [1.82, 2.24) is 9.55 Å². The Balaban J connectivity index is 1.14. The van der Waals surface area contributed by atoms with Crippen LogP contribution in [0.25, 0.3) is 61.5 Å². The Morgan fingerprint density at radius 2 is 1.07 bits per heavy atom. The van der Waals surface area contributed by atoms with Crippen molar-refractivity contribution in [1.29, 1.82) is 0 Å². The second kappa shape index (κ2) is 12.0. The molecule has 0 unspecified atom stereocenters. The van der Waals surface area contributed by atoms with Gasteiger partial charge in [0.25, 0.3) is 0 Å². The third-order valence-corrected chi connectivity index (χ3v) is 12.4. The fourth-order valence-electron chi connectivity index (χ4n) is 8.91. The third-order valence-electron chi connectivity index (χ3n) is 11.2. The van der Waals surface area contributed by atoms with E-state index in [0.717, 1.165) is 39.4 Å². The average molecular weight is 708 g/mol. The molecule has 254 valence electrons. The van der Waals surface area contributed by atoms with E-state index in [1.165, 1.54) is 59.9 Å². The molecule has 9 aromatic rings. The van der Waals surface area contributed by atoms with Crippen molar-refractivity contribution in [2.45, 2.75) is 15.2 Å². The number of hydrogen-bond donors (Lipinski definition) is 1. The normalized spacial score (nSPS) is 13.3. The lowest BCUT2D eigenvalue weighted by molar-refractivity contribution is 0.722. The van der Waals surface area contributed by atoms with Gasteiger partial charge in [0.1, 0.15) is 5.82 Å². The van der Waals surface area contributed by atoms with Gasteiger partial charge in [0, 0.05) is 26.7 Å². The Labute approximate surface area is 318 Å². The summed E-state index contributed by atoms with van der Waals surface area (Å²) in [5.74, 6) is 0.928. The number of rotatable bonds is 4. The molecular formula is C50H33N3S. The van der Waals surface area contributed by atoms with E-state index in [2.05, 4.69) is 180 Å². The van der Waals surface area contributed by atoms with Crippen LogP contribution in [-0.2, 0) is 5.41 Å². The molecule has 2 N–H and O–H groups in total. The molecule has 1 aliphatic heterocycles. The van der Waals surface area contributed by atoms with Gasteiger partial charge in [0.05, 0.1) is 16.4 Å². The van der Waals surface area contributed by atoms with E-state index in [0.29, 0.717) is 0 Å². The summed E-state index contributed by atoms with van der Waals surface area (Å²) >= 11 is 1.88. The molecule has 8 aromatic carbocycles. The first-order valence-corrected chi connectivity index (χ1v) is 19.1. The summed E-state index contributed by atoms with van der Waals surface area (Å²) in [7, 11) is 0. The first-order chi connectivity index (χ1) is 26.7. The number of para-hydroxylation sites is 3. The van der Waals surface area contributed by atoms with Crippen LogP contribution in [0.4, 0.5) is 5.69 Å². The summed E-state index contributed by atoms with van der Waals surface area (Å²) in [4.78, 5) is 7.75. The summed E-state index contributed by atoms with van der Waals surface area (Å²) in [5, 5.41) is 0. The standard InChI is InChI=1S/C50H33N3S/c51-36-28-25-32(26-29-36)35-27-30-40-39(31-35)48-38(13-10-16-43(48)50(40)41-14-4-8-19-46(41)54-47-20-9-5-15-42(47)50)33-21-23-34(24-22-33)49-52-44-17-6-7-18-45(44)53(49)37-11-2-1-3-12-37/h1-31H,51H2.